The number of rotatable bonds is 8. The molecule has 2 aromatic carbocycles. The highest BCUT2D eigenvalue weighted by atomic mass is 35.5. The lowest BCUT2D eigenvalue weighted by molar-refractivity contribution is -0.122. The number of halogens is 2. The fraction of sp³-hybridized carbons (Fsp3) is 0.316. The van der Waals surface area contributed by atoms with Gasteiger partial charge in [-0.25, -0.2) is 4.39 Å². The van der Waals surface area contributed by atoms with Crippen LogP contribution in [0.3, 0.4) is 0 Å². The fourth-order valence-corrected chi connectivity index (χ4v) is 2.50. The van der Waals surface area contributed by atoms with Crippen LogP contribution in [-0.4, -0.2) is 37.6 Å². The summed E-state index contributed by atoms with van der Waals surface area (Å²) >= 11 is 5.90. The lowest BCUT2D eigenvalue weighted by Gasteiger charge is -2.19. The second-order valence-electron chi connectivity index (χ2n) is 5.88. The monoisotopic (exact) mass is 364 g/mol. The number of hydrogen-bond donors (Lipinski definition) is 1. The number of nitrogens with one attached hydrogen (secondary N) is 1. The molecular weight excluding hydrogens is 343 g/mol. The minimum Gasteiger partial charge on any atom is -0.492 e. The van der Waals surface area contributed by atoms with Gasteiger partial charge in [0.1, 0.15) is 18.2 Å². The van der Waals surface area contributed by atoms with Crippen molar-refractivity contribution in [2.75, 3.05) is 26.7 Å². The predicted octanol–water partition coefficient (Wildman–Crippen LogP) is 3.67. The molecule has 0 aliphatic carbocycles. The first kappa shape index (κ1) is 19.2. The van der Waals surface area contributed by atoms with Gasteiger partial charge < -0.3 is 10.1 Å². The van der Waals surface area contributed by atoms with Crippen LogP contribution in [0.4, 0.5) is 4.39 Å². The van der Waals surface area contributed by atoms with E-state index in [1.807, 2.05) is 31.0 Å². The van der Waals surface area contributed by atoms with Crippen molar-refractivity contribution < 1.29 is 13.9 Å². The Bertz CT molecular complexity index is 694. The molecule has 6 heteroatoms. The number of nitrogens with zero attached hydrogens (tertiary/aromatic N) is 1. The first-order valence-electron chi connectivity index (χ1n) is 8.06. The number of carbonyl (C=O) groups excluding carboxylic acids is 1. The molecule has 0 aromatic heterocycles. The number of carbonyl (C=O) groups is 1. The predicted molar refractivity (Wildman–Crippen MR) is 97.4 cm³/mol. The molecule has 0 aliphatic rings. The highest BCUT2D eigenvalue weighted by Gasteiger charge is 2.11. The molecule has 2 rings (SSSR count). The molecule has 0 fully saturated rings. The summed E-state index contributed by atoms with van der Waals surface area (Å²) in [6, 6.07) is 13.1. The largest absolute Gasteiger partial charge is 0.492 e. The second kappa shape index (κ2) is 9.39. The Morgan fingerprint density at radius 3 is 2.68 bits per heavy atom. The highest BCUT2D eigenvalue weighted by Crippen LogP contribution is 2.17. The minimum absolute atomic E-state index is 0.0953. The molecule has 1 unspecified atom stereocenters. The molecule has 134 valence electrons. The summed E-state index contributed by atoms with van der Waals surface area (Å²) in [6.45, 7) is 3.18. The van der Waals surface area contributed by atoms with E-state index in [1.54, 1.807) is 24.3 Å². The smallest absolute Gasteiger partial charge is 0.234 e. The van der Waals surface area contributed by atoms with Gasteiger partial charge in [0.05, 0.1) is 12.6 Å². The van der Waals surface area contributed by atoms with Gasteiger partial charge in [-0.3, -0.25) is 9.69 Å². The zero-order chi connectivity index (χ0) is 18.2. The van der Waals surface area contributed by atoms with Crippen molar-refractivity contribution >= 4 is 17.5 Å². The van der Waals surface area contributed by atoms with Crippen molar-refractivity contribution in [1.82, 2.24) is 10.2 Å². The molecule has 25 heavy (non-hydrogen) atoms. The summed E-state index contributed by atoms with van der Waals surface area (Å²) in [5.41, 5.74) is 0.863. The van der Waals surface area contributed by atoms with Crippen LogP contribution in [-0.2, 0) is 4.79 Å². The SMILES string of the molecule is CC(NC(=O)CN(C)CCOc1cccc(Cl)c1)c1ccc(F)cc1. The summed E-state index contributed by atoms with van der Waals surface area (Å²) in [5.74, 6) is 0.319. The van der Waals surface area contributed by atoms with Crippen molar-refractivity contribution in [2.24, 2.45) is 0 Å². The normalized spacial score (nSPS) is 12.0. The summed E-state index contributed by atoms with van der Waals surface area (Å²) in [4.78, 5) is 14.0. The lowest BCUT2D eigenvalue weighted by Crippen LogP contribution is -2.38. The standard InChI is InChI=1S/C19H22ClFN2O2/c1-14(15-6-8-17(21)9-7-15)22-19(24)13-23(2)10-11-25-18-5-3-4-16(20)12-18/h3-9,12,14H,10-11,13H2,1-2H3,(H,22,24). The van der Waals surface area contributed by atoms with Gasteiger partial charge in [0.15, 0.2) is 0 Å². The molecule has 0 spiro atoms. The average Bonchev–Trinajstić information content (AvgIpc) is 2.55. The van der Waals surface area contributed by atoms with Gasteiger partial charge in [0.2, 0.25) is 5.91 Å². The van der Waals surface area contributed by atoms with E-state index in [1.165, 1.54) is 12.1 Å². The maximum Gasteiger partial charge on any atom is 0.234 e. The van der Waals surface area contributed by atoms with Crippen LogP contribution in [0.1, 0.15) is 18.5 Å². The Morgan fingerprint density at radius 2 is 2.00 bits per heavy atom. The fourth-order valence-electron chi connectivity index (χ4n) is 2.32. The molecular formula is C19H22ClFN2O2. The van der Waals surface area contributed by atoms with E-state index in [2.05, 4.69) is 5.32 Å². The molecule has 0 aliphatic heterocycles. The lowest BCUT2D eigenvalue weighted by atomic mass is 10.1. The highest BCUT2D eigenvalue weighted by molar-refractivity contribution is 6.30. The van der Waals surface area contributed by atoms with Gasteiger partial charge in [-0.2, -0.15) is 0 Å². The topological polar surface area (TPSA) is 41.6 Å². The second-order valence-corrected chi connectivity index (χ2v) is 6.32. The van der Waals surface area contributed by atoms with E-state index in [0.717, 1.165) is 5.56 Å². The third-order valence-corrected chi connectivity index (χ3v) is 3.93. The van der Waals surface area contributed by atoms with Gasteiger partial charge >= 0.3 is 0 Å². The molecule has 1 amide bonds. The third-order valence-electron chi connectivity index (χ3n) is 3.70. The van der Waals surface area contributed by atoms with Crippen LogP contribution in [0.25, 0.3) is 0 Å². The maximum atomic E-state index is 12.9. The molecule has 0 radical (unpaired) electrons. The van der Waals surface area contributed by atoms with Crippen LogP contribution in [0, 0.1) is 5.82 Å². The van der Waals surface area contributed by atoms with Crippen LogP contribution >= 0.6 is 11.6 Å². The number of amides is 1. The Hall–Kier alpha value is -2.11. The van der Waals surface area contributed by atoms with Crippen molar-refractivity contribution in [1.29, 1.82) is 0 Å². The zero-order valence-corrected chi connectivity index (χ0v) is 15.1. The molecule has 4 nitrogen and oxygen atoms in total. The van der Waals surface area contributed by atoms with Crippen molar-refractivity contribution in [3.05, 3.63) is 64.9 Å². The maximum absolute atomic E-state index is 12.9. The van der Waals surface area contributed by atoms with Gasteiger partial charge in [0.25, 0.3) is 0 Å². The number of hydrogen-bond acceptors (Lipinski definition) is 3. The van der Waals surface area contributed by atoms with E-state index < -0.39 is 0 Å². The van der Waals surface area contributed by atoms with Crippen LogP contribution in [0.2, 0.25) is 5.02 Å². The molecule has 0 saturated heterocycles. The van der Waals surface area contributed by atoms with Gasteiger partial charge in [-0.05, 0) is 49.9 Å². The van der Waals surface area contributed by atoms with E-state index >= 15 is 0 Å². The first-order valence-corrected chi connectivity index (χ1v) is 8.43. The Kier molecular flexibility index (Phi) is 7.22. The molecule has 0 heterocycles. The van der Waals surface area contributed by atoms with E-state index in [4.69, 9.17) is 16.3 Å². The Balaban J connectivity index is 1.71. The first-order chi connectivity index (χ1) is 11.9. The van der Waals surface area contributed by atoms with Crippen molar-refractivity contribution in [3.8, 4) is 5.75 Å². The Labute approximate surface area is 152 Å². The zero-order valence-electron chi connectivity index (χ0n) is 14.3. The summed E-state index contributed by atoms with van der Waals surface area (Å²) in [6.07, 6.45) is 0. The van der Waals surface area contributed by atoms with Crippen LogP contribution in [0.5, 0.6) is 5.75 Å². The van der Waals surface area contributed by atoms with Gasteiger partial charge in [-0.15, -0.1) is 0 Å². The summed E-state index contributed by atoms with van der Waals surface area (Å²) in [7, 11) is 1.85. The third kappa shape index (κ3) is 6.72. The van der Waals surface area contributed by atoms with Crippen LogP contribution in [0.15, 0.2) is 48.5 Å². The number of benzene rings is 2. The van der Waals surface area contributed by atoms with Crippen molar-refractivity contribution in [2.45, 2.75) is 13.0 Å². The molecule has 0 saturated carbocycles. The molecule has 2 aromatic rings. The minimum atomic E-state index is -0.290. The molecule has 1 N–H and O–H groups in total. The summed E-state index contributed by atoms with van der Waals surface area (Å²) in [5, 5.41) is 3.53. The van der Waals surface area contributed by atoms with E-state index in [0.29, 0.717) is 23.9 Å². The van der Waals surface area contributed by atoms with Crippen LogP contribution < -0.4 is 10.1 Å². The summed E-state index contributed by atoms with van der Waals surface area (Å²) < 4.78 is 18.5. The van der Waals surface area contributed by atoms with E-state index in [-0.39, 0.29) is 24.3 Å². The van der Waals surface area contributed by atoms with Crippen molar-refractivity contribution in [3.63, 3.8) is 0 Å². The van der Waals surface area contributed by atoms with E-state index in [9.17, 15) is 9.18 Å². The van der Waals surface area contributed by atoms with Gasteiger partial charge in [0, 0.05) is 11.6 Å². The number of ether oxygens (including phenoxy) is 1. The quantitative estimate of drug-likeness (QED) is 0.777. The average molecular weight is 365 g/mol. The van der Waals surface area contributed by atoms with Gasteiger partial charge in [-0.1, -0.05) is 29.8 Å². The number of likely N-dealkylation sites (N-methyl/N-ethyl adjacent to an activating group) is 1. The Morgan fingerprint density at radius 1 is 1.28 bits per heavy atom. The molecule has 1 atom stereocenters. The molecule has 0 bridgehead atoms.